The van der Waals surface area contributed by atoms with E-state index in [9.17, 15) is 18.0 Å². The molecule has 7 nitrogen and oxygen atoms in total. The normalized spacial score (nSPS) is 11.2. The second-order valence-corrected chi connectivity index (χ2v) is 5.70. The highest BCUT2D eigenvalue weighted by molar-refractivity contribution is 7.14. The van der Waals surface area contributed by atoms with E-state index in [0.717, 1.165) is 0 Å². The molecule has 0 bridgehead atoms. The van der Waals surface area contributed by atoms with Crippen LogP contribution in [0.15, 0.2) is 11.4 Å². The number of hydroxylamine groups is 1. The molecule has 0 unspecified atom stereocenters. The highest BCUT2D eigenvalue weighted by Crippen LogP contribution is 2.34. The fourth-order valence-corrected chi connectivity index (χ4v) is 1.99. The summed E-state index contributed by atoms with van der Waals surface area (Å²) in [5, 5.41) is 19.5. The molecule has 1 aromatic heterocycles. The van der Waals surface area contributed by atoms with E-state index in [1.165, 1.54) is 16.4 Å². The fourth-order valence-electron chi connectivity index (χ4n) is 1.04. The Hall–Kier alpha value is -2.17. The van der Waals surface area contributed by atoms with Crippen LogP contribution in [0.1, 0.15) is 20.8 Å². The average Bonchev–Trinajstić information content (AvgIpc) is 2.70. The number of carbonyl (C=O) groups is 2. The number of nitrogens with two attached hydrogens (primary N) is 1. The van der Waals surface area contributed by atoms with Crippen molar-refractivity contribution in [1.29, 1.82) is 0 Å². The first-order valence-corrected chi connectivity index (χ1v) is 6.49. The van der Waals surface area contributed by atoms with Gasteiger partial charge in [0, 0.05) is 0 Å². The number of aliphatic carboxylic acids is 1. The number of carboxylic acid groups (broad SMARTS) is 2. The molecule has 0 saturated heterocycles. The highest BCUT2D eigenvalue weighted by atomic mass is 32.1. The van der Waals surface area contributed by atoms with Gasteiger partial charge >= 0.3 is 18.3 Å². The number of hydrogen-bond acceptors (Lipinski definition) is 6. The van der Waals surface area contributed by atoms with Crippen molar-refractivity contribution in [2.75, 3.05) is 10.8 Å². The van der Waals surface area contributed by atoms with Gasteiger partial charge in [0.1, 0.15) is 0 Å². The van der Waals surface area contributed by atoms with Crippen LogP contribution in [0, 0.1) is 0 Å². The molecule has 0 radical (unpaired) electrons. The van der Waals surface area contributed by atoms with Crippen molar-refractivity contribution in [3.63, 3.8) is 0 Å². The van der Waals surface area contributed by atoms with Crippen LogP contribution < -0.4 is 10.8 Å². The summed E-state index contributed by atoms with van der Waals surface area (Å²) in [6.45, 7) is 5.53. The second kappa shape index (κ2) is 7.20. The van der Waals surface area contributed by atoms with Crippen molar-refractivity contribution < 1.29 is 37.8 Å². The van der Waals surface area contributed by atoms with Gasteiger partial charge in [0.25, 0.3) is 0 Å². The Kier molecular flexibility index (Phi) is 6.49. The Morgan fingerprint density at radius 3 is 1.95 bits per heavy atom. The lowest BCUT2D eigenvalue weighted by Gasteiger charge is -2.33. The molecule has 1 aromatic rings. The topological polar surface area (TPSA) is 113 Å². The van der Waals surface area contributed by atoms with E-state index >= 15 is 0 Å². The second-order valence-electron chi connectivity index (χ2n) is 4.81. The zero-order valence-corrected chi connectivity index (χ0v) is 12.7. The third-order valence-corrected chi connectivity index (χ3v) is 2.78. The first-order chi connectivity index (χ1) is 9.76. The lowest BCUT2D eigenvalue weighted by Crippen LogP contribution is -2.42. The molecular formula is C11H15F3N2O5S. The lowest BCUT2D eigenvalue weighted by atomic mass is 10.1. The molecule has 0 aromatic carbocycles. The van der Waals surface area contributed by atoms with E-state index in [0.29, 0.717) is 10.7 Å². The third-order valence-electron chi connectivity index (χ3n) is 1.88. The third kappa shape index (κ3) is 6.52. The number of rotatable bonds is 2. The standard InChI is InChI=1S/C9H14N2O3S.C2HF3O2/c1-9(2,3)11(14-8(12)13)7-6(10)4-5-15-7;3-2(4,5)1(6)7/h4-5H,10H2,1-3H3,(H,12,13);(H,6,7). The van der Waals surface area contributed by atoms with Gasteiger partial charge in [0.2, 0.25) is 0 Å². The van der Waals surface area contributed by atoms with Crippen molar-refractivity contribution in [3.05, 3.63) is 11.4 Å². The SMILES string of the molecule is CC(C)(C)N(OC(=O)O)c1sccc1N.O=C(O)C(F)(F)F. The smallest absolute Gasteiger partial charge is 0.475 e. The van der Waals surface area contributed by atoms with E-state index < -0.39 is 23.8 Å². The fraction of sp³-hybridized carbons (Fsp3) is 0.455. The molecular weight excluding hydrogens is 329 g/mol. The lowest BCUT2D eigenvalue weighted by molar-refractivity contribution is -0.192. The van der Waals surface area contributed by atoms with Crippen molar-refractivity contribution in [1.82, 2.24) is 0 Å². The summed E-state index contributed by atoms with van der Waals surface area (Å²) >= 11 is 1.34. The number of halogens is 3. The number of nitrogens with zero attached hydrogens (tertiary/aromatic N) is 1. The summed E-state index contributed by atoms with van der Waals surface area (Å²) in [6.07, 6.45) is -6.43. The van der Waals surface area contributed by atoms with Gasteiger partial charge in [0.15, 0.2) is 5.00 Å². The van der Waals surface area contributed by atoms with Crippen LogP contribution >= 0.6 is 11.3 Å². The maximum atomic E-state index is 10.6. The Morgan fingerprint density at radius 2 is 1.73 bits per heavy atom. The van der Waals surface area contributed by atoms with Gasteiger partial charge in [-0.3, -0.25) is 0 Å². The number of hydrogen-bond donors (Lipinski definition) is 3. The number of thiophene rings is 1. The molecule has 22 heavy (non-hydrogen) atoms. The van der Waals surface area contributed by atoms with Crippen LogP contribution in [0.4, 0.5) is 28.7 Å². The highest BCUT2D eigenvalue weighted by Gasteiger charge is 2.38. The molecule has 0 fully saturated rings. The molecule has 0 saturated carbocycles. The molecule has 0 aliphatic carbocycles. The number of nitrogen functional groups attached to an aromatic ring is 1. The van der Waals surface area contributed by atoms with Gasteiger partial charge in [-0.25, -0.2) is 9.59 Å². The summed E-state index contributed by atoms with van der Waals surface area (Å²) < 4.78 is 31.7. The minimum Gasteiger partial charge on any atom is -0.475 e. The first-order valence-electron chi connectivity index (χ1n) is 5.61. The van der Waals surface area contributed by atoms with Crippen LogP contribution in [0.3, 0.4) is 0 Å². The van der Waals surface area contributed by atoms with Crippen molar-refractivity contribution in [2.45, 2.75) is 32.5 Å². The molecule has 0 spiro atoms. The Labute approximate surface area is 127 Å². The molecule has 1 heterocycles. The van der Waals surface area contributed by atoms with Gasteiger partial charge in [-0.1, -0.05) is 0 Å². The van der Waals surface area contributed by atoms with E-state index in [4.69, 9.17) is 25.6 Å². The molecule has 11 heteroatoms. The van der Waals surface area contributed by atoms with Crippen LogP contribution in [0.25, 0.3) is 0 Å². The monoisotopic (exact) mass is 344 g/mol. The van der Waals surface area contributed by atoms with E-state index in [1.807, 2.05) is 20.8 Å². The summed E-state index contributed by atoms with van der Waals surface area (Å²) in [4.78, 5) is 24.2. The molecule has 0 atom stereocenters. The van der Waals surface area contributed by atoms with Gasteiger partial charge < -0.3 is 20.8 Å². The van der Waals surface area contributed by atoms with Crippen LogP contribution in [0.2, 0.25) is 0 Å². The maximum Gasteiger partial charge on any atom is 0.530 e. The summed E-state index contributed by atoms with van der Waals surface area (Å²) in [5.74, 6) is -2.76. The van der Waals surface area contributed by atoms with Gasteiger partial charge in [0.05, 0.1) is 11.2 Å². The minimum atomic E-state index is -5.08. The Bertz CT molecular complexity index is 525. The predicted octanol–water partition coefficient (Wildman–Crippen LogP) is 3.18. The number of anilines is 2. The zero-order valence-electron chi connectivity index (χ0n) is 11.8. The summed E-state index contributed by atoms with van der Waals surface area (Å²) in [5.41, 5.74) is 5.75. The van der Waals surface area contributed by atoms with Crippen molar-refractivity contribution in [2.24, 2.45) is 0 Å². The van der Waals surface area contributed by atoms with Crippen LogP contribution in [-0.4, -0.2) is 34.1 Å². The van der Waals surface area contributed by atoms with Gasteiger partial charge in [-0.05, 0) is 32.2 Å². The molecule has 0 aliphatic rings. The molecule has 0 amide bonds. The van der Waals surface area contributed by atoms with Gasteiger partial charge in [-0.2, -0.15) is 18.2 Å². The minimum absolute atomic E-state index is 0.475. The Balaban J connectivity index is 0.000000534. The van der Waals surface area contributed by atoms with Crippen LogP contribution in [-0.2, 0) is 9.63 Å². The van der Waals surface area contributed by atoms with E-state index in [-0.39, 0.29) is 0 Å². The molecule has 1 rings (SSSR count). The van der Waals surface area contributed by atoms with Gasteiger partial charge in [-0.15, -0.1) is 11.3 Å². The number of carboxylic acids is 1. The van der Waals surface area contributed by atoms with E-state index in [2.05, 4.69) is 0 Å². The molecule has 4 N–H and O–H groups in total. The average molecular weight is 344 g/mol. The molecule has 126 valence electrons. The Morgan fingerprint density at radius 1 is 1.27 bits per heavy atom. The van der Waals surface area contributed by atoms with Crippen molar-refractivity contribution in [3.8, 4) is 0 Å². The first kappa shape index (κ1) is 19.8. The van der Waals surface area contributed by atoms with E-state index in [1.54, 1.807) is 11.4 Å². The zero-order chi connectivity index (χ0) is 17.7. The quantitative estimate of drug-likeness (QED) is 0.706. The van der Waals surface area contributed by atoms with Crippen LogP contribution in [0.5, 0.6) is 0 Å². The summed E-state index contributed by atoms with van der Waals surface area (Å²) in [7, 11) is 0. The molecule has 0 aliphatic heterocycles. The maximum absolute atomic E-state index is 10.6. The van der Waals surface area contributed by atoms with Crippen molar-refractivity contribution >= 4 is 34.1 Å². The number of alkyl halides is 3. The summed E-state index contributed by atoms with van der Waals surface area (Å²) in [6, 6.07) is 1.71. The largest absolute Gasteiger partial charge is 0.530 e. The predicted molar refractivity (Wildman–Crippen MR) is 73.8 cm³/mol.